The van der Waals surface area contributed by atoms with E-state index in [9.17, 15) is 4.39 Å². The molecular formula is C13H10FN3O. The number of benzene rings is 1. The summed E-state index contributed by atoms with van der Waals surface area (Å²) in [5.41, 5.74) is 2.18. The minimum Gasteiger partial charge on any atom is -0.494 e. The lowest BCUT2D eigenvalue weighted by atomic mass is 10.1. The highest BCUT2D eigenvalue weighted by molar-refractivity contribution is 5.63. The molecule has 0 saturated carbocycles. The van der Waals surface area contributed by atoms with Gasteiger partial charge in [-0.05, 0) is 30.3 Å². The van der Waals surface area contributed by atoms with Gasteiger partial charge in [0.2, 0.25) is 0 Å². The van der Waals surface area contributed by atoms with Crippen LogP contribution in [0.5, 0.6) is 5.75 Å². The predicted molar refractivity (Wildman–Crippen MR) is 64.9 cm³/mol. The fourth-order valence-electron chi connectivity index (χ4n) is 1.85. The molecule has 4 nitrogen and oxygen atoms in total. The molecule has 5 heteroatoms. The minimum absolute atomic E-state index is 0.223. The summed E-state index contributed by atoms with van der Waals surface area (Å²) in [4.78, 5) is 4.21. The molecule has 90 valence electrons. The molecule has 18 heavy (non-hydrogen) atoms. The lowest BCUT2D eigenvalue weighted by Crippen LogP contribution is -1.94. The molecule has 1 aromatic carbocycles. The standard InChI is InChI=1S/C13H10FN3O/c1-18-12-5-4-9(7-10(12)14)11-8-15-13-3-2-6-16-17(11)13/h2-8H,1H3. The van der Waals surface area contributed by atoms with Crippen LogP contribution in [0.1, 0.15) is 0 Å². The highest BCUT2D eigenvalue weighted by Gasteiger charge is 2.09. The van der Waals surface area contributed by atoms with Crippen molar-refractivity contribution < 1.29 is 9.13 Å². The van der Waals surface area contributed by atoms with Gasteiger partial charge in [0.05, 0.1) is 19.0 Å². The van der Waals surface area contributed by atoms with Gasteiger partial charge in [0.1, 0.15) is 0 Å². The van der Waals surface area contributed by atoms with Crippen LogP contribution in [-0.2, 0) is 0 Å². The number of nitrogens with zero attached hydrogens (tertiary/aromatic N) is 3. The molecule has 2 aromatic heterocycles. The third kappa shape index (κ3) is 1.60. The van der Waals surface area contributed by atoms with Crippen LogP contribution in [-0.4, -0.2) is 21.7 Å². The normalized spacial score (nSPS) is 10.8. The smallest absolute Gasteiger partial charge is 0.165 e. The molecule has 0 spiro atoms. The van der Waals surface area contributed by atoms with Crippen LogP contribution < -0.4 is 4.74 Å². The average Bonchev–Trinajstić information content (AvgIpc) is 2.82. The lowest BCUT2D eigenvalue weighted by Gasteiger charge is -2.04. The van der Waals surface area contributed by atoms with Crippen molar-refractivity contribution in [3.63, 3.8) is 0 Å². The highest BCUT2D eigenvalue weighted by Crippen LogP contribution is 2.25. The van der Waals surface area contributed by atoms with Crippen LogP contribution >= 0.6 is 0 Å². The van der Waals surface area contributed by atoms with Gasteiger partial charge in [-0.15, -0.1) is 0 Å². The van der Waals surface area contributed by atoms with Gasteiger partial charge < -0.3 is 4.74 Å². The Bertz CT molecular complexity index is 708. The Morgan fingerprint density at radius 2 is 2.17 bits per heavy atom. The summed E-state index contributed by atoms with van der Waals surface area (Å²) in [5, 5.41) is 4.19. The van der Waals surface area contributed by atoms with E-state index in [1.165, 1.54) is 13.2 Å². The highest BCUT2D eigenvalue weighted by atomic mass is 19.1. The average molecular weight is 243 g/mol. The molecule has 0 unspecified atom stereocenters. The van der Waals surface area contributed by atoms with Gasteiger partial charge in [0, 0.05) is 11.8 Å². The van der Waals surface area contributed by atoms with Crippen molar-refractivity contribution in [2.75, 3.05) is 7.11 Å². The number of hydrogen-bond donors (Lipinski definition) is 0. The van der Waals surface area contributed by atoms with Gasteiger partial charge >= 0.3 is 0 Å². The molecular weight excluding hydrogens is 233 g/mol. The Morgan fingerprint density at radius 1 is 1.28 bits per heavy atom. The molecule has 0 aliphatic rings. The zero-order valence-electron chi connectivity index (χ0n) is 9.67. The van der Waals surface area contributed by atoms with E-state index >= 15 is 0 Å². The zero-order valence-corrected chi connectivity index (χ0v) is 9.67. The molecule has 0 fully saturated rings. The molecule has 0 aliphatic heterocycles. The number of ether oxygens (including phenoxy) is 1. The first-order valence-corrected chi connectivity index (χ1v) is 5.42. The molecule has 0 radical (unpaired) electrons. The number of methoxy groups -OCH3 is 1. The van der Waals surface area contributed by atoms with Gasteiger partial charge in [-0.1, -0.05) is 0 Å². The Balaban J connectivity index is 2.17. The van der Waals surface area contributed by atoms with E-state index in [1.807, 2.05) is 6.07 Å². The molecule has 3 rings (SSSR count). The maximum absolute atomic E-state index is 13.7. The number of halogens is 1. The predicted octanol–water partition coefficient (Wildman–Crippen LogP) is 2.54. The van der Waals surface area contributed by atoms with Gasteiger partial charge in [-0.25, -0.2) is 13.9 Å². The second-order valence-electron chi connectivity index (χ2n) is 3.79. The van der Waals surface area contributed by atoms with Crippen molar-refractivity contribution in [1.82, 2.24) is 14.6 Å². The molecule has 0 amide bonds. The Morgan fingerprint density at radius 3 is 2.94 bits per heavy atom. The van der Waals surface area contributed by atoms with Gasteiger partial charge in [0.25, 0.3) is 0 Å². The molecule has 0 saturated heterocycles. The van der Waals surface area contributed by atoms with Crippen LogP contribution in [0.2, 0.25) is 0 Å². The largest absolute Gasteiger partial charge is 0.494 e. The van der Waals surface area contributed by atoms with E-state index in [1.54, 1.807) is 35.1 Å². The summed E-state index contributed by atoms with van der Waals surface area (Å²) in [6, 6.07) is 8.43. The number of fused-ring (bicyclic) bond motifs is 1. The van der Waals surface area contributed by atoms with Crippen LogP contribution in [0.3, 0.4) is 0 Å². The van der Waals surface area contributed by atoms with E-state index in [-0.39, 0.29) is 5.75 Å². The molecule has 3 aromatic rings. The zero-order chi connectivity index (χ0) is 12.5. The number of aromatic nitrogens is 3. The monoisotopic (exact) mass is 243 g/mol. The molecule has 2 heterocycles. The lowest BCUT2D eigenvalue weighted by molar-refractivity contribution is 0.386. The summed E-state index contributed by atoms with van der Waals surface area (Å²) in [7, 11) is 1.44. The quantitative estimate of drug-likeness (QED) is 0.694. The third-order valence-corrected chi connectivity index (χ3v) is 2.73. The fourth-order valence-corrected chi connectivity index (χ4v) is 1.85. The van der Waals surface area contributed by atoms with Crippen LogP contribution in [0.25, 0.3) is 16.9 Å². The van der Waals surface area contributed by atoms with Crippen molar-refractivity contribution in [2.45, 2.75) is 0 Å². The number of hydrogen-bond acceptors (Lipinski definition) is 3. The second-order valence-corrected chi connectivity index (χ2v) is 3.79. The van der Waals surface area contributed by atoms with E-state index < -0.39 is 5.82 Å². The van der Waals surface area contributed by atoms with E-state index in [0.29, 0.717) is 5.56 Å². The maximum Gasteiger partial charge on any atom is 0.165 e. The summed E-state index contributed by atoms with van der Waals surface area (Å²) in [6.45, 7) is 0. The van der Waals surface area contributed by atoms with Crippen molar-refractivity contribution in [3.05, 3.63) is 48.5 Å². The third-order valence-electron chi connectivity index (χ3n) is 2.73. The van der Waals surface area contributed by atoms with Crippen LogP contribution in [0, 0.1) is 5.82 Å². The van der Waals surface area contributed by atoms with Crippen molar-refractivity contribution in [1.29, 1.82) is 0 Å². The second kappa shape index (κ2) is 4.10. The topological polar surface area (TPSA) is 39.4 Å². The Labute approximate surface area is 103 Å². The van der Waals surface area contributed by atoms with Crippen LogP contribution in [0.4, 0.5) is 4.39 Å². The molecule has 0 aliphatic carbocycles. The molecule has 0 bridgehead atoms. The van der Waals surface area contributed by atoms with Crippen molar-refractivity contribution >= 4 is 5.65 Å². The van der Waals surface area contributed by atoms with Crippen molar-refractivity contribution in [3.8, 4) is 17.0 Å². The summed E-state index contributed by atoms with van der Waals surface area (Å²) >= 11 is 0. The fraction of sp³-hybridized carbons (Fsp3) is 0.0769. The van der Waals surface area contributed by atoms with E-state index in [4.69, 9.17) is 4.74 Å². The molecule has 0 atom stereocenters. The minimum atomic E-state index is -0.402. The summed E-state index contributed by atoms with van der Waals surface area (Å²) in [5.74, 6) is -0.179. The first-order chi connectivity index (χ1) is 8.79. The Hall–Kier alpha value is -2.43. The molecule has 0 N–H and O–H groups in total. The first kappa shape index (κ1) is 10.7. The summed E-state index contributed by atoms with van der Waals surface area (Å²) in [6.07, 6.45) is 3.33. The van der Waals surface area contributed by atoms with E-state index in [2.05, 4.69) is 10.1 Å². The van der Waals surface area contributed by atoms with Gasteiger partial charge in [-0.3, -0.25) is 0 Å². The summed E-state index contributed by atoms with van der Waals surface area (Å²) < 4.78 is 20.2. The number of rotatable bonds is 2. The Kier molecular flexibility index (Phi) is 2.44. The van der Waals surface area contributed by atoms with Crippen molar-refractivity contribution in [2.24, 2.45) is 0 Å². The first-order valence-electron chi connectivity index (χ1n) is 5.42. The number of imidazole rings is 1. The van der Waals surface area contributed by atoms with Gasteiger partial charge in [-0.2, -0.15) is 5.10 Å². The van der Waals surface area contributed by atoms with Gasteiger partial charge in [0.15, 0.2) is 17.2 Å². The van der Waals surface area contributed by atoms with Crippen LogP contribution in [0.15, 0.2) is 42.7 Å². The SMILES string of the molecule is COc1ccc(-c2cnc3cccnn23)cc1F. The van der Waals surface area contributed by atoms with E-state index in [0.717, 1.165) is 11.3 Å². The maximum atomic E-state index is 13.7.